The molecule has 82 valence electrons. The second-order valence-electron chi connectivity index (χ2n) is 3.29. The zero-order valence-corrected chi connectivity index (χ0v) is 9.08. The van der Waals surface area contributed by atoms with Gasteiger partial charge in [0, 0.05) is 24.0 Å². The topological polar surface area (TPSA) is 39.2 Å². The molecule has 0 aliphatic heterocycles. The summed E-state index contributed by atoms with van der Waals surface area (Å²) in [7, 11) is 1.45. The first-order chi connectivity index (χ1) is 7.10. The molecule has 0 N–H and O–H groups in total. The summed E-state index contributed by atoms with van der Waals surface area (Å²) in [6, 6.07) is 1.47. The zero-order valence-electron chi connectivity index (χ0n) is 9.08. The molecule has 0 fully saturated rings. The molecule has 0 saturated heterocycles. The third kappa shape index (κ3) is 2.52. The van der Waals surface area contributed by atoms with Crippen molar-refractivity contribution in [3.63, 3.8) is 0 Å². The van der Waals surface area contributed by atoms with Crippen LogP contribution in [0.5, 0.6) is 5.88 Å². The summed E-state index contributed by atoms with van der Waals surface area (Å²) in [5, 5.41) is 0. The van der Waals surface area contributed by atoms with Gasteiger partial charge >= 0.3 is 0 Å². The third-order valence-electron chi connectivity index (χ3n) is 2.37. The van der Waals surface area contributed by atoms with Crippen LogP contribution < -0.4 is 4.74 Å². The van der Waals surface area contributed by atoms with E-state index in [0.29, 0.717) is 17.9 Å². The first kappa shape index (κ1) is 11.6. The van der Waals surface area contributed by atoms with Crippen molar-refractivity contribution in [2.45, 2.75) is 26.2 Å². The van der Waals surface area contributed by atoms with Crippen LogP contribution in [0.3, 0.4) is 0 Å². The fourth-order valence-corrected chi connectivity index (χ4v) is 1.36. The van der Waals surface area contributed by atoms with Crippen molar-refractivity contribution in [2.24, 2.45) is 0 Å². The molecule has 3 nitrogen and oxygen atoms in total. The van der Waals surface area contributed by atoms with Gasteiger partial charge in [-0.3, -0.25) is 4.79 Å². The van der Waals surface area contributed by atoms with Gasteiger partial charge in [-0.25, -0.2) is 9.37 Å². The fourth-order valence-electron chi connectivity index (χ4n) is 1.36. The van der Waals surface area contributed by atoms with E-state index in [-0.39, 0.29) is 5.78 Å². The molecular weight excluding hydrogens is 197 g/mol. The number of nitrogens with zero attached hydrogens (tertiary/aromatic N) is 1. The van der Waals surface area contributed by atoms with Gasteiger partial charge < -0.3 is 4.74 Å². The minimum absolute atomic E-state index is 0.00199. The summed E-state index contributed by atoms with van der Waals surface area (Å²) < 4.78 is 18.3. The summed E-state index contributed by atoms with van der Waals surface area (Å²) in [5.74, 6) is -0.596. The summed E-state index contributed by atoms with van der Waals surface area (Å²) >= 11 is 0. The van der Waals surface area contributed by atoms with Crippen LogP contribution in [0.1, 0.15) is 31.7 Å². The molecule has 0 saturated carbocycles. The number of methoxy groups -OCH3 is 1. The number of aromatic nitrogens is 1. The Balaban J connectivity index is 3.06. The van der Waals surface area contributed by atoms with E-state index in [1.54, 1.807) is 13.8 Å². The highest BCUT2D eigenvalue weighted by atomic mass is 19.1. The maximum absolute atomic E-state index is 13.4. The van der Waals surface area contributed by atoms with E-state index in [1.807, 2.05) is 0 Å². The molecule has 1 rings (SSSR count). The predicted octanol–water partition coefficient (Wildman–Crippen LogP) is 2.31. The number of rotatable bonds is 4. The van der Waals surface area contributed by atoms with Crippen LogP contribution >= 0.6 is 0 Å². The Bertz CT molecular complexity index is 366. The molecule has 1 aromatic rings. The van der Waals surface area contributed by atoms with Crippen molar-refractivity contribution in [1.29, 1.82) is 0 Å². The predicted molar refractivity (Wildman–Crippen MR) is 54.5 cm³/mol. The Morgan fingerprint density at radius 2 is 2.33 bits per heavy atom. The van der Waals surface area contributed by atoms with Crippen LogP contribution in [0.2, 0.25) is 0 Å². The van der Waals surface area contributed by atoms with Crippen LogP contribution in [0.4, 0.5) is 4.39 Å². The van der Waals surface area contributed by atoms with Gasteiger partial charge in [0.25, 0.3) is 0 Å². The molecule has 0 bridgehead atoms. The standard InChI is InChI=1S/C11H14FNO2/c1-4-10(14)7(2)8-5-11(15-3)13-6-9(8)12/h5-7H,4H2,1-3H3. The summed E-state index contributed by atoms with van der Waals surface area (Å²) in [6.07, 6.45) is 1.47. The molecule has 4 heteroatoms. The SMILES string of the molecule is CCC(=O)C(C)c1cc(OC)ncc1F. The van der Waals surface area contributed by atoms with Crippen molar-refractivity contribution >= 4 is 5.78 Å². The van der Waals surface area contributed by atoms with Crippen LogP contribution in [0, 0.1) is 5.82 Å². The van der Waals surface area contributed by atoms with Gasteiger partial charge in [-0.2, -0.15) is 0 Å². The molecule has 15 heavy (non-hydrogen) atoms. The molecule has 1 heterocycles. The van der Waals surface area contributed by atoms with Gasteiger partial charge in [-0.1, -0.05) is 13.8 Å². The van der Waals surface area contributed by atoms with Gasteiger partial charge in [0.15, 0.2) is 0 Å². The molecule has 0 spiro atoms. The van der Waals surface area contributed by atoms with Crippen molar-refractivity contribution in [3.05, 3.63) is 23.6 Å². The smallest absolute Gasteiger partial charge is 0.213 e. The lowest BCUT2D eigenvalue weighted by molar-refractivity contribution is -0.119. The molecule has 0 aliphatic rings. The minimum Gasteiger partial charge on any atom is -0.481 e. The number of pyridine rings is 1. The summed E-state index contributed by atoms with van der Waals surface area (Å²) in [4.78, 5) is 15.2. The third-order valence-corrected chi connectivity index (χ3v) is 2.37. The van der Waals surface area contributed by atoms with Gasteiger partial charge in [-0.15, -0.1) is 0 Å². The lowest BCUT2D eigenvalue weighted by atomic mass is 9.96. The highest BCUT2D eigenvalue weighted by Crippen LogP contribution is 2.23. The van der Waals surface area contributed by atoms with E-state index in [0.717, 1.165) is 6.20 Å². The lowest BCUT2D eigenvalue weighted by Gasteiger charge is -2.11. The van der Waals surface area contributed by atoms with Crippen LogP contribution in [0.15, 0.2) is 12.3 Å². The van der Waals surface area contributed by atoms with Crippen molar-refractivity contribution in [1.82, 2.24) is 4.98 Å². The number of halogens is 1. The van der Waals surface area contributed by atoms with E-state index in [1.165, 1.54) is 13.2 Å². The number of ether oxygens (including phenoxy) is 1. The highest BCUT2D eigenvalue weighted by Gasteiger charge is 2.18. The van der Waals surface area contributed by atoms with Crippen LogP contribution in [0.25, 0.3) is 0 Å². The average Bonchev–Trinajstić information content (AvgIpc) is 2.27. The molecular formula is C11H14FNO2. The number of carbonyl (C=O) groups is 1. The second kappa shape index (κ2) is 4.87. The minimum atomic E-state index is -0.467. The number of carbonyl (C=O) groups excluding carboxylic acids is 1. The summed E-state index contributed by atoms with van der Waals surface area (Å²) in [5.41, 5.74) is 0.341. The van der Waals surface area contributed by atoms with Crippen molar-refractivity contribution in [2.75, 3.05) is 7.11 Å². The average molecular weight is 211 g/mol. The van der Waals surface area contributed by atoms with E-state index in [4.69, 9.17) is 4.74 Å². The van der Waals surface area contributed by atoms with E-state index in [9.17, 15) is 9.18 Å². The van der Waals surface area contributed by atoms with E-state index < -0.39 is 11.7 Å². The molecule has 1 unspecified atom stereocenters. The lowest BCUT2D eigenvalue weighted by Crippen LogP contribution is -2.10. The van der Waals surface area contributed by atoms with Crippen molar-refractivity contribution in [3.8, 4) is 5.88 Å². The maximum atomic E-state index is 13.4. The Hall–Kier alpha value is -1.45. The Labute approximate surface area is 88.3 Å². The molecule has 0 aliphatic carbocycles. The number of ketones is 1. The summed E-state index contributed by atoms with van der Waals surface area (Å²) in [6.45, 7) is 3.44. The molecule has 0 radical (unpaired) electrons. The maximum Gasteiger partial charge on any atom is 0.213 e. The fraction of sp³-hybridized carbons (Fsp3) is 0.455. The number of Topliss-reactive ketones (excluding diaryl/α,β-unsaturated/α-hetero) is 1. The number of hydrogen-bond acceptors (Lipinski definition) is 3. The molecule has 0 amide bonds. The quantitative estimate of drug-likeness (QED) is 0.767. The highest BCUT2D eigenvalue weighted by molar-refractivity contribution is 5.85. The van der Waals surface area contributed by atoms with Gasteiger partial charge in [-0.05, 0) is 0 Å². The Morgan fingerprint density at radius 3 is 2.87 bits per heavy atom. The van der Waals surface area contributed by atoms with Gasteiger partial charge in [0.1, 0.15) is 11.6 Å². The van der Waals surface area contributed by atoms with Crippen LogP contribution in [-0.2, 0) is 4.79 Å². The van der Waals surface area contributed by atoms with Crippen molar-refractivity contribution < 1.29 is 13.9 Å². The first-order valence-corrected chi connectivity index (χ1v) is 4.82. The zero-order chi connectivity index (χ0) is 11.4. The van der Waals surface area contributed by atoms with Gasteiger partial charge in [0.05, 0.1) is 13.3 Å². The largest absolute Gasteiger partial charge is 0.481 e. The molecule has 1 atom stereocenters. The monoisotopic (exact) mass is 211 g/mol. The molecule has 1 aromatic heterocycles. The van der Waals surface area contributed by atoms with Gasteiger partial charge in [0.2, 0.25) is 5.88 Å². The normalized spacial score (nSPS) is 12.3. The van der Waals surface area contributed by atoms with E-state index in [2.05, 4.69) is 4.98 Å². The Morgan fingerprint density at radius 1 is 1.67 bits per heavy atom. The first-order valence-electron chi connectivity index (χ1n) is 4.82. The number of hydrogen-bond donors (Lipinski definition) is 0. The van der Waals surface area contributed by atoms with Crippen LogP contribution in [-0.4, -0.2) is 17.9 Å². The van der Waals surface area contributed by atoms with E-state index >= 15 is 0 Å². The Kier molecular flexibility index (Phi) is 3.77. The second-order valence-corrected chi connectivity index (χ2v) is 3.29. The molecule has 0 aromatic carbocycles.